The molecule has 0 saturated carbocycles. The Morgan fingerprint density at radius 2 is 2.18 bits per heavy atom. The van der Waals surface area contributed by atoms with Crippen molar-refractivity contribution in [2.24, 2.45) is 0 Å². The second kappa shape index (κ2) is 4.33. The molecule has 1 amide bonds. The van der Waals surface area contributed by atoms with E-state index in [9.17, 15) is 4.79 Å². The summed E-state index contributed by atoms with van der Waals surface area (Å²) in [7, 11) is 0. The molecular weight excluding hydrogens is 286 g/mol. The van der Waals surface area contributed by atoms with Crippen molar-refractivity contribution < 1.29 is 9.53 Å². The molecule has 0 aromatic carbocycles. The van der Waals surface area contributed by atoms with Gasteiger partial charge in [0.25, 0.3) is 0 Å². The van der Waals surface area contributed by atoms with Gasteiger partial charge in [0.15, 0.2) is 0 Å². The van der Waals surface area contributed by atoms with Crippen LogP contribution in [0.1, 0.15) is 26.8 Å². The molecular formula is C11H16BrN3O2. The minimum absolute atomic E-state index is 0.242. The van der Waals surface area contributed by atoms with Gasteiger partial charge in [-0.05, 0) is 42.8 Å². The van der Waals surface area contributed by atoms with Crippen LogP contribution in [-0.4, -0.2) is 39.5 Å². The monoisotopic (exact) mass is 301 g/mol. The average molecular weight is 302 g/mol. The maximum atomic E-state index is 11.7. The van der Waals surface area contributed by atoms with E-state index in [-0.39, 0.29) is 12.1 Å². The zero-order valence-corrected chi connectivity index (χ0v) is 11.8. The minimum atomic E-state index is -0.436. The smallest absolute Gasteiger partial charge is 0.410 e. The van der Waals surface area contributed by atoms with E-state index in [2.05, 4.69) is 21.0 Å². The van der Waals surface area contributed by atoms with E-state index >= 15 is 0 Å². The Morgan fingerprint density at radius 3 is 2.65 bits per heavy atom. The summed E-state index contributed by atoms with van der Waals surface area (Å²) in [5.41, 5.74) is -0.436. The summed E-state index contributed by atoms with van der Waals surface area (Å²) in [6.07, 6.45) is 1.48. The van der Waals surface area contributed by atoms with Gasteiger partial charge in [0.2, 0.25) is 0 Å². The zero-order chi connectivity index (χ0) is 12.6. The van der Waals surface area contributed by atoms with Crippen LogP contribution in [0.15, 0.2) is 16.9 Å². The predicted molar refractivity (Wildman–Crippen MR) is 66.8 cm³/mol. The van der Waals surface area contributed by atoms with Crippen molar-refractivity contribution in [3.63, 3.8) is 0 Å². The van der Waals surface area contributed by atoms with Crippen LogP contribution in [0.4, 0.5) is 4.79 Å². The third kappa shape index (κ3) is 2.80. The molecule has 2 heterocycles. The summed E-state index contributed by atoms with van der Waals surface area (Å²) in [6.45, 7) is 6.90. The molecule has 6 heteroatoms. The summed E-state index contributed by atoms with van der Waals surface area (Å²) in [5, 5.41) is 4.20. The first-order valence-electron chi connectivity index (χ1n) is 5.54. The fraction of sp³-hybridized carbons (Fsp3) is 0.636. The molecule has 1 aromatic rings. The highest BCUT2D eigenvalue weighted by atomic mass is 79.9. The number of hydrogen-bond acceptors (Lipinski definition) is 3. The Balaban J connectivity index is 1.87. The molecule has 1 aliphatic rings. The van der Waals surface area contributed by atoms with Crippen LogP contribution in [-0.2, 0) is 4.74 Å². The lowest BCUT2D eigenvalue weighted by Crippen LogP contribution is -2.52. The Kier molecular flexibility index (Phi) is 3.16. The van der Waals surface area contributed by atoms with Gasteiger partial charge in [-0.25, -0.2) is 4.79 Å². The van der Waals surface area contributed by atoms with Gasteiger partial charge in [0, 0.05) is 13.1 Å². The lowest BCUT2D eigenvalue weighted by molar-refractivity contribution is -0.000680. The van der Waals surface area contributed by atoms with Gasteiger partial charge in [0.05, 0.1) is 12.2 Å². The number of rotatable bonds is 1. The first-order valence-corrected chi connectivity index (χ1v) is 6.33. The van der Waals surface area contributed by atoms with E-state index in [0.717, 1.165) is 4.60 Å². The van der Waals surface area contributed by atoms with E-state index < -0.39 is 5.60 Å². The number of carbonyl (C=O) groups is 1. The summed E-state index contributed by atoms with van der Waals surface area (Å²) in [5.74, 6) is 0. The van der Waals surface area contributed by atoms with Crippen LogP contribution >= 0.6 is 15.9 Å². The number of aromatic nitrogens is 2. The Bertz CT molecular complexity index is 419. The van der Waals surface area contributed by atoms with Crippen LogP contribution in [0, 0.1) is 0 Å². The van der Waals surface area contributed by atoms with Crippen molar-refractivity contribution in [2.45, 2.75) is 32.4 Å². The Morgan fingerprint density at radius 1 is 1.53 bits per heavy atom. The standard InChI is InChI=1S/C11H16BrN3O2/c1-11(2,3)17-10(16)14-6-8(7-14)15-9(12)4-5-13-15/h4-5,8H,6-7H2,1-3H3. The molecule has 0 unspecified atom stereocenters. The maximum absolute atomic E-state index is 11.7. The lowest BCUT2D eigenvalue weighted by atomic mass is 10.1. The topological polar surface area (TPSA) is 47.4 Å². The quantitative estimate of drug-likeness (QED) is 0.800. The molecule has 0 aliphatic carbocycles. The normalized spacial score (nSPS) is 16.8. The van der Waals surface area contributed by atoms with E-state index in [1.54, 1.807) is 11.1 Å². The molecule has 0 spiro atoms. The van der Waals surface area contributed by atoms with Crippen molar-refractivity contribution in [3.8, 4) is 0 Å². The number of likely N-dealkylation sites (tertiary alicyclic amines) is 1. The van der Waals surface area contributed by atoms with E-state index in [0.29, 0.717) is 13.1 Å². The van der Waals surface area contributed by atoms with Gasteiger partial charge in [-0.2, -0.15) is 5.10 Å². The predicted octanol–water partition coefficient (Wildman–Crippen LogP) is 2.44. The third-order valence-corrected chi connectivity index (χ3v) is 3.11. The van der Waals surface area contributed by atoms with Crippen LogP contribution in [0.2, 0.25) is 0 Å². The molecule has 5 nitrogen and oxygen atoms in total. The Hall–Kier alpha value is -1.04. The first kappa shape index (κ1) is 12.4. The summed E-state index contributed by atoms with van der Waals surface area (Å²) in [6, 6.07) is 2.13. The van der Waals surface area contributed by atoms with Crippen molar-refractivity contribution in [3.05, 3.63) is 16.9 Å². The first-order chi connectivity index (χ1) is 7.87. The molecule has 0 N–H and O–H groups in total. The summed E-state index contributed by atoms with van der Waals surface area (Å²) in [4.78, 5) is 13.4. The summed E-state index contributed by atoms with van der Waals surface area (Å²) < 4.78 is 8.10. The van der Waals surface area contributed by atoms with E-state index in [1.165, 1.54) is 0 Å². The Labute approximate surface area is 109 Å². The molecule has 1 aromatic heterocycles. The van der Waals surface area contributed by atoms with Crippen molar-refractivity contribution >= 4 is 22.0 Å². The fourth-order valence-corrected chi connectivity index (χ4v) is 2.15. The second-order valence-corrected chi connectivity index (χ2v) is 5.95. The lowest BCUT2D eigenvalue weighted by Gasteiger charge is -2.39. The average Bonchev–Trinajstić information content (AvgIpc) is 2.46. The number of ether oxygens (including phenoxy) is 1. The number of hydrogen-bond donors (Lipinski definition) is 0. The van der Waals surface area contributed by atoms with Crippen molar-refractivity contribution in [1.29, 1.82) is 0 Å². The van der Waals surface area contributed by atoms with E-state index in [1.807, 2.05) is 31.5 Å². The molecule has 1 aliphatic heterocycles. The highest BCUT2D eigenvalue weighted by molar-refractivity contribution is 9.10. The number of nitrogens with zero attached hydrogens (tertiary/aromatic N) is 3. The molecule has 94 valence electrons. The highest BCUT2D eigenvalue weighted by Gasteiger charge is 2.35. The highest BCUT2D eigenvalue weighted by Crippen LogP contribution is 2.25. The van der Waals surface area contributed by atoms with Gasteiger partial charge in [-0.15, -0.1) is 0 Å². The van der Waals surface area contributed by atoms with Crippen LogP contribution in [0.25, 0.3) is 0 Å². The van der Waals surface area contributed by atoms with Crippen LogP contribution in [0.5, 0.6) is 0 Å². The molecule has 0 radical (unpaired) electrons. The zero-order valence-electron chi connectivity index (χ0n) is 10.2. The largest absolute Gasteiger partial charge is 0.444 e. The second-order valence-electron chi connectivity index (χ2n) is 5.14. The number of carbonyl (C=O) groups excluding carboxylic acids is 1. The van der Waals surface area contributed by atoms with Crippen molar-refractivity contribution in [1.82, 2.24) is 14.7 Å². The molecule has 0 atom stereocenters. The van der Waals surface area contributed by atoms with Crippen molar-refractivity contribution in [2.75, 3.05) is 13.1 Å². The number of amides is 1. The molecule has 17 heavy (non-hydrogen) atoms. The maximum Gasteiger partial charge on any atom is 0.410 e. The van der Waals surface area contributed by atoms with Gasteiger partial charge >= 0.3 is 6.09 Å². The minimum Gasteiger partial charge on any atom is -0.444 e. The van der Waals surface area contributed by atoms with Gasteiger partial charge in [-0.3, -0.25) is 4.68 Å². The van der Waals surface area contributed by atoms with Crippen LogP contribution < -0.4 is 0 Å². The molecule has 0 bridgehead atoms. The van der Waals surface area contributed by atoms with Gasteiger partial charge < -0.3 is 9.64 Å². The van der Waals surface area contributed by atoms with Crippen LogP contribution in [0.3, 0.4) is 0 Å². The SMILES string of the molecule is CC(C)(C)OC(=O)N1CC(n2nccc2Br)C1. The van der Waals surface area contributed by atoms with Gasteiger partial charge in [-0.1, -0.05) is 0 Å². The molecule has 2 rings (SSSR count). The van der Waals surface area contributed by atoms with E-state index in [4.69, 9.17) is 4.74 Å². The third-order valence-electron chi connectivity index (χ3n) is 2.48. The summed E-state index contributed by atoms with van der Waals surface area (Å²) >= 11 is 3.41. The number of halogens is 1. The van der Waals surface area contributed by atoms with Gasteiger partial charge in [0.1, 0.15) is 10.2 Å². The fourth-order valence-electron chi connectivity index (χ4n) is 1.65. The molecule has 1 fully saturated rings. The molecule has 1 saturated heterocycles.